The molecule has 4 aromatic rings. The lowest BCUT2D eigenvalue weighted by Crippen LogP contribution is -2.49. The number of hydrogen-bond donors (Lipinski definition) is 0. The minimum atomic E-state index is 0.0668. The Labute approximate surface area is 196 Å². The quantitative estimate of drug-likeness (QED) is 0.374. The summed E-state index contributed by atoms with van der Waals surface area (Å²) in [5.41, 5.74) is 2.88. The second-order valence-electron chi connectivity index (χ2n) is 7.83. The molecule has 1 saturated heterocycles. The second kappa shape index (κ2) is 8.88. The Hall–Kier alpha value is -2.96. The first-order valence-electron chi connectivity index (χ1n) is 10.8. The van der Waals surface area contributed by atoms with Gasteiger partial charge in [0.05, 0.1) is 5.39 Å². The standard InChI is InChI=1S/C25H23ClN4OS/c1-2-20-16-21-22(27-25(26)28-23(21)32-20)29-11-13-30(14-12-29)24(31)19-10-6-9-18(15-19)17-7-4-3-5-8-17/h3-10,15-16H,2,11-14H2,1H3. The van der Waals surface area contributed by atoms with Crippen LogP contribution in [0.15, 0.2) is 60.7 Å². The fourth-order valence-electron chi connectivity index (χ4n) is 4.11. The van der Waals surface area contributed by atoms with E-state index in [4.69, 9.17) is 11.6 Å². The molecule has 0 radical (unpaired) electrons. The number of carbonyl (C=O) groups excluding carboxylic acids is 1. The Kier molecular flexibility index (Phi) is 5.81. The number of aromatic nitrogens is 2. The molecule has 1 aliphatic heterocycles. The van der Waals surface area contributed by atoms with E-state index < -0.39 is 0 Å². The van der Waals surface area contributed by atoms with Crippen LogP contribution in [0.25, 0.3) is 21.3 Å². The van der Waals surface area contributed by atoms with E-state index in [1.807, 2.05) is 47.4 Å². The maximum absolute atomic E-state index is 13.2. The summed E-state index contributed by atoms with van der Waals surface area (Å²) in [6.45, 7) is 4.84. The maximum Gasteiger partial charge on any atom is 0.253 e. The van der Waals surface area contributed by atoms with E-state index in [2.05, 4.69) is 40.0 Å². The number of anilines is 1. The van der Waals surface area contributed by atoms with E-state index in [0.717, 1.165) is 39.1 Å². The Morgan fingerprint density at radius 3 is 2.47 bits per heavy atom. The van der Waals surface area contributed by atoms with Gasteiger partial charge in [0.15, 0.2) is 0 Å². The molecule has 0 bridgehead atoms. The molecule has 1 amide bonds. The number of rotatable bonds is 4. The molecule has 0 unspecified atom stereocenters. The largest absolute Gasteiger partial charge is 0.352 e. The lowest BCUT2D eigenvalue weighted by molar-refractivity contribution is 0.0746. The number of fused-ring (bicyclic) bond motifs is 1. The number of nitrogens with zero attached hydrogens (tertiary/aromatic N) is 4. The minimum absolute atomic E-state index is 0.0668. The fourth-order valence-corrected chi connectivity index (χ4v) is 5.29. The Bertz CT molecular complexity index is 1270. The average Bonchev–Trinajstić information content (AvgIpc) is 3.27. The van der Waals surface area contributed by atoms with Crippen molar-refractivity contribution in [3.8, 4) is 11.1 Å². The van der Waals surface area contributed by atoms with Crippen molar-refractivity contribution in [3.63, 3.8) is 0 Å². The number of amides is 1. The highest BCUT2D eigenvalue weighted by molar-refractivity contribution is 7.18. The van der Waals surface area contributed by atoms with Gasteiger partial charge in [0, 0.05) is 36.6 Å². The topological polar surface area (TPSA) is 49.3 Å². The predicted molar refractivity (Wildman–Crippen MR) is 132 cm³/mol. The highest BCUT2D eigenvalue weighted by Gasteiger charge is 2.25. The van der Waals surface area contributed by atoms with Crippen LogP contribution in [0, 0.1) is 0 Å². The Morgan fingerprint density at radius 2 is 1.72 bits per heavy atom. The van der Waals surface area contributed by atoms with Crippen molar-refractivity contribution in [1.29, 1.82) is 0 Å². The Morgan fingerprint density at radius 1 is 0.969 bits per heavy atom. The van der Waals surface area contributed by atoms with E-state index >= 15 is 0 Å². The normalized spacial score (nSPS) is 14.2. The third-order valence-corrected chi connectivity index (χ3v) is 7.17. The SMILES string of the molecule is CCc1cc2c(N3CCN(C(=O)c4cccc(-c5ccccc5)c4)CC3)nc(Cl)nc2s1. The zero-order chi connectivity index (χ0) is 22.1. The average molecular weight is 463 g/mol. The third-order valence-electron chi connectivity index (χ3n) is 5.83. The number of piperazine rings is 1. The molecule has 0 atom stereocenters. The maximum atomic E-state index is 13.2. The molecule has 0 aliphatic carbocycles. The van der Waals surface area contributed by atoms with Gasteiger partial charge in [-0.1, -0.05) is 49.4 Å². The van der Waals surface area contributed by atoms with Gasteiger partial charge in [0.1, 0.15) is 10.6 Å². The van der Waals surface area contributed by atoms with Crippen molar-refractivity contribution >= 4 is 44.9 Å². The highest BCUT2D eigenvalue weighted by atomic mass is 35.5. The van der Waals surface area contributed by atoms with E-state index in [1.54, 1.807) is 11.3 Å². The molecule has 5 rings (SSSR count). The lowest BCUT2D eigenvalue weighted by Gasteiger charge is -2.35. The molecule has 7 heteroatoms. The van der Waals surface area contributed by atoms with Gasteiger partial charge in [-0.3, -0.25) is 4.79 Å². The molecule has 32 heavy (non-hydrogen) atoms. The molecule has 5 nitrogen and oxygen atoms in total. The highest BCUT2D eigenvalue weighted by Crippen LogP contribution is 2.33. The zero-order valence-electron chi connectivity index (χ0n) is 17.8. The van der Waals surface area contributed by atoms with Gasteiger partial charge < -0.3 is 9.80 Å². The molecule has 1 fully saturated rings. The molecule has 3 heterocycles. The number of carbonyl (C=O) groups is 1. The smallest absolute Gasteiger partial charge is 0.253 e. The van der Waals surface area contributed by atoms with Gasteiger partial charge in [0.2, 0.25) is 5.28 Å². The zero-order valence-corrected chi connectivity index (χ0v) is 19.4. The molecular formula is C25H23ClN4OS. The van der Waals surface area contributed by atoms with Crippen LogP contribution in [-0.2, 0) is 6.42 Å². The van der Waals surface area contributed by atoms with Crippen molar-refractivity contribution in [2.45, 2.75) is 13.3 Å². The van der Waals surface area contributed by atoms with Crippen LogP contribution in [0.2, 0.25) is 5.28 Å². The molecule has 0 saturated carbocycles. The van der Waals surface area contributed by atoms with Gasteiger partial charge in [-0.05, 0) is 47.3 Å². The van der Waals surface area contributed by atoms with Gasteiger partial charge in [-0.2, -0.15) is 4.98 Å². The van der Waals surface area contributed by atoms with Gasteiger partial charge in [-0.15, -0.1) is 11.3 Å². The van der Waals surface area contributed by atoms with Crippen molar-refractivity contribution in [3.05, 3.63) is 76.4 Å². The number of hydrogen-bond acceptors (Lipinski definition) is 5. The van der Waals surface area contributed by atoms with Crippen molar-refractivity contribution in [1.82, 2.24) is 14.9 Å². The van der Waals surface area contributed by atoms with E-state index in [-0.39, 0.29) is 11.2 Å². The summed E-state index contributed by atoms with van der Waals surface area (Å²) in [6.07, 6.45) is 0.961. The summed E-state index contributed by atoms with van der Waals surface area (Å²) in [6, 6.07) is 20.2. The van der Waals surface area contributed by atoms with Crippen molar-refractivity contribution < 1.29 is 4.79 Å². The van der Waals surface area contributed by atoms with Crippen LogP contribution >= 0.6 is 22.9 Å². The monoisotopic (exact) mass is 462 g/mol. The molecule has 2 aromatic carbocycles. The second-order valence-corrected chi connectivity index (χ2v) is 9.28. The molecule has 1 aliphatic rings. The summed E-state index contributed by atoms with van der Waals surface area (Å²) in [4.78, 5) is 28.5. The van der Waals surface area contributed by atoms with E-state index in [9.17, 15) is 4.79 Å². The molecular weight excluding hydrogens is 440 g/mol. The van der Waals surface area contributed by atoms with E-state index in [0.29, 0.717) is 26.2 Å². The van der Waals surface area contributed by atoms with Crippen LogP contribution in [0.3, 0.4) is 0 Å². The van der Waals surface area contributed by atoms with Gasteiger partial charge in [-0.25, -0.2) is 4.98 Å². The van der Waals surface area contributed by atoms with Crippen LogP contribution in [-0.4, -0.2) is 47.0 Å². The van der Waals surface area contributed by atoms with Crippen molar-refractivity contribution in [2.75, 3.05) is 31.1 Å². The molecule has 0 spiro atoms. The lowest BCUT2D eigenvalue weighted by atomic mass is 10.0. The van der Waals surface area contributed by atoms with E-state index in [1.165, 1.54) is 4.88 Å². The number of halogens is 1. The molecule has 0 N–H and O–H groups in total. The first-order chi connectivity index (χ1) is 15.6. The number of aryl methyl sites for hydroxylation is 1. The summed E-state index contributed by atoms with van der Waals surface area (Å²) in [7, 11) is 0. The first-order valence-corrected chi connectivity index (χ1v) is 12.0. The third kappa shape index (κ3) is 4.08. The number of benzene rings is 2. The Balaban J connectivity index is 1.33. The summed E-state index contributed by atoms with van der Waals surface area (Å²) >= 11 is 7.88. The fraction of sp³-hybridized carbons (Fsp3) is 0.240. The van der Waals surface area contributed by atoms with Crippen LogP contribution in [0.4, 0.5) is 5.82 Å². The van der Waals surface area contributed by atoms with Gasteiger partial charge >= 0.3 is 0 Å². The molecule has 2 aromatic heterocycles. The minimum Gasteiger partial charge on any atom is -0.352 e. The summed E-state index contributed by atoms with van der Waals surface area (Å²) in [5, 5.41) is 1.32. The number of thiophene rings is 1. The van der Waals surface area contributed by atoms with Crippen LogP contribution in [0.5, 0.6) is 0 Å². The van der Waals surface area contributed by atoms with Crippen molar-refractivity contribution in [2.24, 2.45) is 0 Å². The van der Waals surface area contributed by atoms with Crippen LogP contribution < -0.4 is 4.90 Å². The first kappa shape index (κ1) is 20.9. The summed E-state index contributed by atoms with van der Waals surface area (Å²) in [5.74, 6) is 0.936. The van der Waals surface area contributed by atoms with Gasteiger partial charge in [0.25, 0.3) is 5.91 Å². The predicted octanol–water partition coefficient (Wildman–Crippen LogP) is 5.54. The molecule has 162 valence electrons. The van der Waals surface area contributed by atoms with Crippen LogP contribution in [0.1, 0.15) is 22.2 Å². The summed E-state index contributed by atoms with van der Waals surface area (Å²) < 4.78 is 0.